The van der Waals surface area contributed by atoms with E-state index >= 15 is 0 Å². The van der Waals surface area contributed by atoms with Crippen LogP contribution in [0.5, 0.6) is 5.75 Å². The number of hydrogen-bond acceptors (Lipinski definition) is 5. The highest BCUT2D eigenvalue weighted by Crippen LogP contribution is 2.40. The molecule has 176 valence electrons. The Labute approximate surface area is 196 Å². The maximum atomic E-state index is 13.1. The lowest BCUT2D eigenvalue weighted by molar-refractivity contribution is -0.136. The molecule has 0 radical (unpaired) electrons. The minimum absolute atomic E-state index is 0.0414. The molecule has 7 heteroatoms. The molecule has 2 aromatic carbocycles. The number of allylic oxidation sites excluding steroid dienone is 1. The maximum absolute atomic E-state index is 13.1. The van der Waals surface area contributed by atoms with E-state index in [0.29, 0.717) is 22.3 Å². The number of nitrogens with zero attached hydrogens (tertiary/aromatic N) is 1. The van der Waals surface area contributed by atoms with Crippen LogP contribution in [0.1, 0.15) is 70.2 Å². The molecule has 0 fully saturated rings. The fourth-order valence-electron chi connectivity index (χ4n) is 3.42. The van der Waals surface area contributed by atoms with Gasteiger partial charge in [0.15, 0.2) is 0 Å². The van der Waals surface area contributed by atoms with Crippen molar-refractivity contribution in [1.29, 1.82) is 5.26 Å². The van der Waals surface area contributed by atoms with E-state index < -0.39 is 31.5 Å². The summed E-state index contributed by atoms with van der Waals surface area (Å²) >= 11 is 0. The highest BCUT2D eigenvalue weighted by molar-refractivity contribution is 7.95. The third-order valence-electron chi connectivity index (χ3n) is 5.31. The van der Waals surface area contributed by atoms with Crippen LogP contribution in [-0.4, -0.2) is 24.6 Å². The molecule has 2 rings (SSSR count). The number of benzene rings is 2. The van der Waals surface area contributed by atoms with Crippen LogP contribution in [0, 0.1) is 11.3 Å². The topological polar surface area (TPSA) is 115 Å². The molecule has 0 aliphatic heterocycles. The third-order valence-corrected chi connectivity index (χ3v) is 6.99. The lowest BCUT2D eigenvalue weighted by Gasteiger charge is -2.28. The lowest BCUT2D eigenvalue weighted by atomic mass is 9.78. The number of aromatic hydroxyl groups is 1. The van der Waals surface area contributed by atoms with Gasteiger partial charge in [0.05, 0.1) is 4.90 Å². The number of phenols is 1. The maximum Gasteiger partial charge on any atom is 0.303 e. The zero-order valence-electron chi connectivity index (χ0n) is 19.9. The van der Waals surface area contributed by atoms with Crippen LogP contribution in [0.3, 0.4) is 0 Å². The fraction of sp³-hybridized carbons (Fsp3) is 0.385. The molecule has 0 bridgehead atoms. The van der Waals surface area contributed by atoms with Crippen LogP contribution in [0.15, 0.2) is 46.2 Å². The Bertz CT molecular complexity index is 1180. The van der Waals surface area contributed by atoms with E-state index in [1.807, 2.05) is 47.6 Å². The second kappa shape index (κ2) is 9.40. The van der Waals surface area contributed by atoms with E-state index in [1.54, 1.807) is 24.3 Å². The molecule has 0 saturated carbocycles. The van der Waals surface area contributed by atoms with E-state index in [2.05, 4.69) is 0 Å². The molecule has 2 aromatic rings. The van der Waals surface area contributed by atoms with E-state index in [-0.39, 0.29) is 23.5 Å². The fourth-order valence-corrected chi connectivity index (χ4v) is 4.58. The molecule has 0 aliphatic rings. The number of carboxylic acids is 1. The van der Waals surface area contributed by atoms with Crippen LogP contribution in [0.25, 0.3) is 6.08 Å². The van der Waals surface area contributed by atoms with Crippen molar-refractivity contribution in [3.63, 3.8) is 0 Å². The molecule has 0 aliphatic carbocycles. The number of sulfone groups is 1. The van der Waals surface area contributed by atoms with Crippen LogP contribution < -0.4 is 0 Å². The van der Waals surface area contributed by atoms with Gasteiger partial charge >= 0.3 is 5.97 Å². The first kappa shape index (κ1) is 26.1. The first-order valence-corrected chi connectivity index (χ1v) is 12.1. The van der Waals surface area contributed by atoms with Gasteiger partial charge in [-0.05, 0) is 58.7 Å². The molecular weight excluding hydrogens is 438 g/mol. The summed E-state index contributed by atoms with van der Waals surface area (Å²) in [6.07, 6.45) is 1.56. The number of carboxylic acid groups (broad SMARTS) is 1. The summed E-state index contributed by atoms with van der Waals surface area (Å²) in [6.45, 7) is 11.7. The summed E-state index contributed by atoms with van der Waals surface area (Å²) in [5.74, 6) is -0.759. The summed E-state index contributed by atoms with van der Waals surface area (Å²) in [6, 6.07) is 11.1. The molecule has 0 heterocycles. The van der Waals surface area contributed by atoms with E-state index in [4.69, 9.17) is 5.11 Å². The van der Waals surface area contributed by atoms with Gasteiger partial charge < -0.3 is 10.2 Å². The average molecular weight is 470 g/mol. The van der Waals surface area contributed by atoms with Gasteiger partial charge in [0.2, 0.25) is 9.84 Å². The minimum Gasteiger partial charge on any atom is -0.507 e. The standard InChI is InChI=1S/C26H31NO5S/c1-25(2,3)21-14-18(15-22(24(21)30)26(4,5)6)13-20(16-27)33(31,32)19-10-7-17(8-11-19)9-12-23(28)29/h7-8,10-11,13-15,30H,9,12H2,1-6H3,(H,28,29)/b20-13+. The highest BCUT2D eigenvalue weighted by atomic mass is 32.2. The Morgan fingerprint density at radius 2 is 1.48 bits per heavy atom. The van der Waals surface area contributed by atoms with Crippen LogP contribution in [0.4, 0.5) is 0 Å². The van der Waals surface area contributed by atoms with Gasteiger partial charge in [0.25, 0.3) is 0 Å². The van der Waals surface area contributed by atoms with Crippen molar-refractivity contribution >= 4 is 21.9 Å². The number of nitriles is 1. The van der Waals surface area contributed by atoms with Crippen molar-refractivity contribution in [3.05, 3.63) is 63.6 Å². The zero-order chi connectivity index (χ0) is 25.2. The summed E-state index contributed by atoms with van der Waals surface area (Å²) in [5.41, 5.74) is 1.75. The molecule has 0 aromatic heterocycles. The van der Waals surface area contributed by atoms with Gasteiger partial charge in [0.1, 0.15) is 16.7 Å². The summed E-state index contributed by atoms with van der Waals surface area (Å²) < 4.78 is 26.3. The second-order valence-corrected chi connectivity index (χ2v) is 12.0. The SMILES string of the molecule is CC(C)(C)c1cc(/C=C(\C#N)S(=O)(=O)c2ccc(CCC(=O)O)cc2)cc(C(C)(C)C)c1O. The molecule has 0 spiro atoms. The van der Waals surface area contributed by atoms with E-state index in [0.717, 1.165) is 0 Å². The molecule has 33 heavy (non-hydrogen) atoms. The number of carbonyl (C=O) groups is 1. The van der Waals surface area contributed by atoms with Crippen LogP contribution >= 0.6 is 0 Å². The smallest absolute Gasteiger partial charge is 0.303 e. The molecule has 2 N–H and O–H groups in total. The molecule has 0 atom stereocenters. The van der Waals surface area contributed by atoms with Crippen molar-refractivity contribution in [2.75, 3.05) is 0 Å². The Kier molecular flexibility index (Phi) is 7.45. The van der Waals surface area contributed by atoms with Crippen molar-refractivity contribution in [2.24, 2.45) is 0 Å². The number of aliphatic carboxylic acids is 1. The molecule has 0 unspecified atom stereocenters. The van der Waals surface area contributed by atoms with E-state index in [9.17, 15) is 23.6 Å². The van der Waals surface area contributed by atoms with Crippen molar-refractivity contribution < 1.29 is 23.4 Å². The quantitative estimate of drug-likeness (QED) is 0.552. The Morgan fingerprint density at radius 3 is 1.88 bits per heavy atom. The van der Waals surface area contributed by atoms with Crippen molar-refractivity contribution in [1.82, 2.24) is 0 Å². The van der Waals surface area contributed by atoms with Crippen molar-refractivity contribution in [3.8, 4) is 11.8 Å². The predicted molar refractivity (Wildman–Crippen MR) is 129 cm³/mol. The van der Waals surface area contributed by atoms with Gasteiger partial charge in [-0.1, -0.05) is 53.7 Å². The summed E-state index contributed by atoms with van der Waals surface area (Å²) in [4.78, 5) is 10.3. The number of hydrogen-bond donors (Lipinski definition) is 2. The summed E-state index contributed by atoms with van der Waals surface area (Å²) in [5, 5.41) is 29.4. The van der Waals surface area contributed by atoms with Gasteiger partial charge in [0, 0.05) is 17.5 Å². The van der Waals surface area contributed by atoms with E-state index in [1.165, 1.54) is 18.2 Å². The van der Waals surface area contributed by atoms with Gasteiger partial charge in [-0.25, -0.2) is 8.42 Å². The molecule has 0 amide bonds. The van der Waals surface area contributed by atoms with Crippen LogP contribution in [-0.2, 0) is 31.9 Å². The molecule has 6 nitrogen and oxygen atoms in total. The summed E-state index contributed by atoms with van der Waals surface area (Å²) in [7, 11) is -4.08. The third kappa shape index (κ3) is 6.23. The number of rotatable bonds is 6. The number of aryl methyl sites for hydroxylation is 1. The largest absolute Gasteiger partial charge is 0.507 e. The molecular formula is C26H31NO5S. The average Bonchev–Trinajstić information content (AvgIpc) is 2.69. The highest BCUT2D eigenvalue weighted by Gasteiger charge is 2.27. The van der Waals surface area contributed by atoms with Gasteiger partial charge in [-0.15, -0.1) is 0 Å². The lowest BCUT2D eigenvalue weighted by Crippen LogP contribution is -2.17. The Hall–Kier alpha value is -3.11. The normalized spacial score (nSPS) is 12.9. The predicted octanol–water partition coefficient (Wildman–Crippen LogP) is 5.34. The minimum atomic E-state index is -4.08. The molecule has 0 saturated heterocycles. The van der Waals surface area contributed by atoms with Gasteiger partial charge in [-0.3, -0.25) is 4.79 Å². The first-order valence-electron chi connectivity index (χ1n) is 10.6. The first-order chi connectivity index (χ1) is 15.1. The monoisotopic (exact) mass is 469 g/mol. The van der Waals surface area contributed by atoms with Gasteiger partial charge in [-0.2, -0.15) is 5.26 Å². The second-order valence-electron chi connectivity index (χ2n) is 10.1. The number of phenolic OH excluding ortho intramolecular Hbond substituents is 1. The Balaban J connectivity index is 2.58. The Morgan fingerprint density at radius 1 is 1.00 bits per heavy atom. The van der Waals surface area contributed by atoms with Crippen molar-refractivity contribution in [2.45, 2.75) is 70.1 Å². The zero-order valence-corrected chi connectivity index (χ0v) is 20.7. The van der Waals surface area contributed by atoms with Crippen LogP contribution in [0.2, 0.25) is 0 Å².